The number of halogens is 1. The fourth-order valence-corrected chi connectivity index (χ4v) is 6.13. The molecule has 0 aliphatic carbocycles. The summed E-state index contributed by atoms with van der Waals surface area (Å²) in [6.45, 7) is 0. The maximum absolute atomic E-state index is 12.9. The summed E-state index contributed by atoms with van der Waals surface area (Å²) in [7, 11) is -3.50. The van der Waals surface area contributed by atoms with Crippen LogP contribution in [-0.2, 0) is 20.0 Å². The van der Waals surface area contributed by atoms with Gasteiger partial charge in [-0.3, -0.25) is 13.8 Å². The van der Waals surface area contributed by atoms with Crippen molar-refractivity contribution in [2.75, 3.05) is 35.6 Å². The Morgan fingerprint density at radius 3 is 1.98 bits per heavy atom. The summed E-state index contributed by atoms with van der Waals surface area (Å²) < 4.78 is 65.7. The summed E-state index contributed by atoms with van der Waals surface area (Å²) in [6.07, 6.45) is 0. The lowest BCUT2D eigenvalue weighted by molar-refractivity contribution is 0.102. The summed E-state index contributed by atoms with van der Waals surface area (Å²) in [5.41, 5.74) is 1.19. The standard InChI is InChI=1S/C28H26ClN3O7S2/c1-32(41(36,37)25-13-6-20(29)7-14-25)22-10-4-19(5-11-22)28(33)30-21-8-15-24(16-9-21)40(34,35)31-26-18-23(38-2)12-17-27(26)39-3/h4-18,31H,1-3H3,(H,30,33). The van der Waals surface area contributed by atoms with Gasteiger partial charge in [-0.15, -0.1) is 0 Å². The van der Waals surface area contributed by atoms with Gasteiger partial charge in [0.1, 0.15) is 11.5 Å². The van der Waals surface area contributed by atoms with E-state index in [1.807, 2.05) is 0 Å². The Bertz CT molecular complexity index is 1760. The zero-order valence-electron chi connectivity index (χ0n) is 22.2. The van der Waals surface area contributed by atoms with Gasteiger partial charge in [-0.25, -0.2) is 16.8 Å². The molecule has 4 aromatic carbocycles. The van der Waals surface area contributed by atoms with Gasteiger partial charge in [-0.1, -0.05) is 11.6 Å². The van der Waals surface area contributed by atoms with E-state index in [1.54, 1.807) is 12.1 Å². The minimum absolute atomic E-state index is 0.0327. The second-order valence-electron chi connectivity index (χ2n) is 8.62. The first-order valence-electron chi connectivity index (χ1n) is 12.0. The Morgan fingerprint density at radius 2 is 1.39 bits per heavy atom. The van der Waals surface area contributed by atoms with Gasteiger partial charge in [0.2, 0.25) is 0 Å². The third-order valence-corrected chi connectivity index (χ3v) is 9.47. The minimum atomic E-state index is -3.97. The van der Waals surface area contributed by atoms with Gasteiger partial charge < -0.3 is 14.8 Å². The molecule has 0 spiro atoms. The average molecular weight is 616 g/mol. The molecule has 214 valence electrons. The van der Waals surface area contributed by atoms with Crippen molar-refractivity contribution in [3.05, 3.63) is 102 Å². The van der Waals surface area contributed by atoms with E-state index >= 15 is 0 Å². The molecular weight excluding hydrogens is 590 g/mol. The second-order valence-corrected chi connectivity index (χ2v) is 12.7. The molecule has 0 heterocycles. The molecule has 0 aromatic heterocycles. The molecule has 0 saturated heterocycles. The van der Waals surface area contributed by atoms with Gasteiger partial charge in [0, 0.05) is 29.4 Å². The van der Waals surface area contributed by atoms with Crippen LogP contribution >= 0.6 is 11.6 Å². The van der Waals surface area contributed by atoms with Crippen LogP contribution in [0.3, 0.4) is 0 Å². The van der Waals surface area contributed by atoms with Crippen molar-refractivity contribution < 1.29 is 31.1 Å². The molecule has 1 amide bonds. The van der Waals surface area contributed by atoms with Crippen LogP contribution in [0.25, 0.3) is 0 Å². The Morgan fingerprint density at radius 1 is 0.780 bits per heavy atom. The van der Waals surface area contributed by atoms with E-state index in [0.717, 1.165) is 4.31 Å². The number of hydrogen-bond donors (Lipinski definition) is 2. The summed E-state index contributed by atoms with van der Waals surface area (Å²) in [5.74, 6) is 0.303. The zero-order valence-corrected chi connectivity index (χ0v) is 24.5. The van der Waals surface area contributed by atoms with Crippen molar-refractivity contribution in [3.63, 3.8) is 0 Å². The molecule has 0 aliphatic heterocycles. The normalized spacial score (nSPS) is 11.4. The van der Waals surface area contributed by atoms with Crippen LogP contribution in [0.2, 0.25) is 5.02 Å². The van der Waals surface area contributed by atoms with Crippen LogP contribution in [0.5, 0.6) is 11.5 Å². The molecule has 4 aromatic rings. The van der Waals surface area contributed by atoms with Gasteiger partial charge in [0.05, 0.1) is 35.4 Å². The number of carbonyl (C=O) groups excluding carboxylic acids is 1. The Kier molecular flexibility index (Phi) is 8.76. The highest BCUT2D eigenvalue weighted by molar-refractivity contribution is 7.93. The average Bonchev–Trinajstić information content (AvgIpc) is 2.97. The molecule has 4 rings (SSSR count). The van der Waals surface area contributed by atoms with E-state index in [9.17, 15) is 21.6 Å². The Balaban J connectivity index is 1.44. The van der Waals surface area contributed by atoms with Crippen molar-refractivity contribution in [1.29, 1.82) is 0 Å². The molecule has 0 bridgehead atoms. The van der Waals surface area contributed by atoms with Crippen molar-refractivity contribution in [3.8, 4) is 11.5 Å². The third-order valence-electron chi connectivity index (χ3n) is 6.04. The maximum atomic E-state index is 12.9. The SMILES string of the molecule is COc1ccc(OC)c(NS(=O)(=O)c2ccc(NC(=O)c3ccc(N(C)S(=O)(=O)c4ccc(Cl)cc4)cc3)cc2)c1. The first-order chi connectivity index (χ1) is 19.4. The predicted molar refractivity (Wildman–Crippen MR) is 158 cm³/mol. The van der Waals surface area contributed by atoms with Crippen molar-refractivity contribution >= 4 is 54.6 Å². The quantitative estimate of drug-likeness (QED) is 0.250. The zero-order chi connectivity index (χ0) is 29.8. The van der Waals surface area contributed by atoms with E-state index in [4.69, 9.17) is 21.1 Å². The lowest BCUT2D eigenvalue weighted by atomic mass is 10.2. The lowest BCUT2D eigenvalue weighted by Crippen LogP contribution is -2.26. The van der Waals surface area contributed by atoms with Crippen LogP contribution in [-0.4, -0.2) is 44.0 Å². The fourth-order valence-electron chi connectivity index (χ4n) is 3.74. The number of benzene rings is 4. The van der Waals surface area contributed by atoms with Crippen LogP contribution < -0.4 is 23.8 Å². The van der Waals surface area contributed by atoms with Crippen molar-refractivity contribution in [2.24, 2.45) is 0 Å². The van der Waals surface area contributed by atoms with Crippen LogP contribution in [0, 0.1) is 0 Å². The number of sulfonamides is 2. The highest BCUT2D eigenvalue weighted by atomic mass is 35.5. The lowest BCUT2D eigenvalue weighted by Gasteiger charge is -2.20. The largest absolute Gasteiger partial charge is 0.497 e. The van der Waals surface area contributed by atoms with Crippen molar-refractivity contribution in [2.45, 2.75) is 9.79 Å². The number of amides is 1. The van der Waals surface area contributed by atoms with E-state index in [2.05, 4.69) is 10.0 Å². The molecular formula is C28H26ClN3O7S2. The monoisotopic (exact) mass is 615 g/mol. The van der Waals surface area contributed by atoms with Crippen LogP contribution in [0.4, 0.5) is 17.1 Å². The van der Waals surface area contributed by atoms with E-state index in [-0.39, 0.29) is 21.0 Å². The highest BCUT2D eigenvalue weighted by Gasteiger charge is 2.22. The van der Waals surface area contributed by atoms with Gasteiger partial charge in [0.15, 0.2) is 0 Å². The molecule has 0 aliphatic rings. The topological polar surface area (TPSA) is 131 Å². The molecule has 2 N–H and O–H groups in total. The van der Waals surface area contributed by atoms with Crippen LogP contribution in [0.1, 0.15) is 10.4 Å². The number of anilines is 3. The number of ether oxygens (including phenoxy) is 2. The third kappa shape index (κ3) is 6.73. The van der Waals surface area contributed by atoms with Gasteiger partial charge in [-0.2, -0.15) is 0 Å². The molecule has 41 heavy (non-hydrogen) atoms. The molecule has 0 saturated carbocycles. The van der Waals surface area contributed by atoms with Crippen LogP contribution in [0.15, 0.2) is 101 Å². The predicted octanol–water partition coefficient (Wildman–Crippen LogP) is 5.24. The number of methoxy groups -OCH3 is 2. The van der Waals surface area contributed by atoms with Gasteiger partial charge in [0.25, 0.3) is 26.0 Å². The summed E-state index contributed by atoms with van der Waals surface area (Å²) >= 11 is 5.86. The summed E-state index contributed by atoms with van der Waals surface area (Å²) in [6, 6.07) is 22.1. The Hall–Kier alpha value is -4.26. The smallest absolute Gasteiger partial charge is 0.264 e. The Labute approximate surface area is 243 Å². The molecule has 13 heteroatoms. The number of rotatable bonds is 10. The number of nitrogens with one attached hydrogen (secondary N) is 2. The summed E-state index contributed by atoms with van der Waals surface area (Å²) in [4.78, 5) is 12.8. The highest BCUT2D eigenvalue weighted by Crippen LogP contribution is 2.31. The molecule has 0 atom stereocenters. The second kappa shape index (κ2) is 12.1. The first-order valence-corrected chi connectivity index (χ1v) is 15.3. The molecule has 10 nitrogen and oxygen atoms in total. The van der Waals surface area contributed by atoms with E-state index in [0.29, 0.717) is 27.9 Å². The molecule has 0 unspecified atom stereocenters. The first kappa shape index (κ1) is 29.7. The maximum Gasteiger partial charge on any atom is 0.264 e. The van der Waals surface area contributed by atoms with E-state index in [1.165, 1.54) is 100 Å². The molecule has 0 fully saturated rings. The van der Waals surface area contributed by atoms with Gasteiger partial charge >= 0.3 is 0 Å². The molecule has 0 radical (unpaired) electrons. The number of nitrogens with zero attached hydrogens (tertiary/aromatic N) is 1. The summed E-state index contributed by atoms with van der Waals surface area (Å²) in [5, 5.41) is 3.12. The van der Waals surface area contributed by atoms with Crippen molar-refractivity contribution in [1.82, 2.24) is 0 Å². The fraction of sp³-hybridized carbons (Fsp3) is 0.107. The number of hydrogen-bond acceptors (Lipinski definition) is 7. The van der Waals surface area contributed by atoms with E-state index < -0.39 is 26.0 Å². The minimum Gasteiger partial charge on any atom is -0.497 e. The van der Waals surface area contributed by atoms with Gasteiger partial charge in [-0.05, 0) is 84.9 Å². The number of carbonyl (C=O) groups is 1.